The van der Waals surface area contributed by atoms with Gasteiger partial charge in [-0.25, -0.2) is 9.18 Å². The maximum absolute atomic E-state index is 13.4. The number of carbonyl (C=O) groups excluding carboxylic acids is 2. The summed E-state index contributed by atoms with van der Waals surface area (Å²) in [6, 6.07) is 9.81. The lowest BCUT2D eigenvalue weighted by molar-refractivity contribution is 0.00500. The van der Waals surface area contributed by atoms with E-state index in [4.69, 9.17) is 4.74 Å². The van der Waals surface area contributed by atoms with Gasteiger partial charge < -0.3 is 15.0 Å². The molecular weight excluding hydrogens is 397 g/mol. The molecule has 0 spiro atoms. The van der Waals surface area contributed by atoms with Gasteiger partial charge in [-0.2, -0.15) is 0 Å². The largest absolute Gasteiger partial charge is 0.444 e. The summed E-state index contributed by atoms with van der Waals surface area (Å²) >= 11 is 0. The molecule has 1 N–H and O–H groups in total. The smallest absolute Gasteiger partial charge is 0.410 e. The minimum Gasteiger partial charge on any atom is -0.444 e. The minimum atomic E-state index is -0.522. The van der Waals surface area contributed by atoms with Crippen molar-refractivity contribution in [2.75, 3.05) is 0 Å². The normalized spacial score (nSPS) is 22.8. The van der Waals surface area contributed by atoms with Gasteiger partial charge in [0.25, 0.3) is 5.91 Å². The highest BCUT2D eigenvalue weighted by molar-refractivity contribution is 5.94. The van der Waals surface area contributed by atoms with Crippen LogP contribution in [-0.4, -0.2) is 45.6 Å². The second-order valence-corrected chi connectivity index (χ2v) is 9.36. The summed E-state index contributed by atoms with van der Waals surface area (Å²) in [5.74, 6) is -0.512. The van der Waals surface area contributed by atoms with Gasteiger partial charge in [-0.05, 0) is 70.7 Å². The molecule has 164 valence electrons. The lowest BCUT2D eigenvalue weighted by Gasteiger charge is -2.39. The number of rotatable bonds is 3. The Morgan fingerprint density at radius 3 is 2.42 bits per heavy atom. The quantitative estimate of drug-likeness (QED) is 0.783. The molecule has 31 heavy (non-hydrogen) atoms. The summed E-state index contributed by atoms with van der Waals surface area (Å²) in [6.45, 7) is 5.61. The lowest BCUT2D eigenvalue weighted by atomic mass is 9.97. The number of ether oxygens (including phenoxy) is 1. The summed E-state index contributed by atoms with van der Waals surface area (Å²) in [7, 11) is 0. The highest BCUT2D eigenvalue weighted by Gasteiger charge is 2.45. The third-order valence-corrected chi connectivity index (χ3v) is 5.82. The molecule has 6 nitrogen and oxygen atoms in total. The molecule has 2 unspecified atom stereocenters. The molecule has 2 amide bonds. The molecule has 2 aliphatic heterocycles. The summed E-state index contributed by atoms with van der Waals surface area (Å²) in [5, 5.41) is 3.09. The molecule has 4 rings (SSSR count). The van der Waals surface area contributed by atoms with E-state index in [1.165, 1.54) is 18.3 Å². The maximum atomic E-state index is 13.4. The molecule has 7 heteroatoms. The van der Waals surface area contributed by atoms with Crippen LogP contribution >= 0.6 is 0 Å². The predicted molar refractivity (Wildman–Crippen MR) is 115 cm³/mol. The lowest BCUT2D eigenvalue weighted by Crippen LogP contribution is -2.53. The first-order chi connectivity index (χ1) is 14.7. The Bertz CT molecular complexity index is 957. The van der Waals surface area contributed by atoms with Crippen LogP contribution in [-0.2, 0) is 4.74 Å². The van der Waals surface area contributed by atoms with E-state index in [0.29, 0.717) is 16.8 Å². The van der Waals surface area contributed by atoms with E-state index in [9.17, 15) is 14.0 Å². The van der Waals surface area contributed by atoms with Crippen molar-refractivity contribution in [3.05, 3.63) is 54.0 Å². The molecule has 2 atom stereocenters. The summed E-state index contributed by atoms with van der Waals surface area (Å²) in [6.07, 6.45) is 4.55. The van der Waals surface area contributed by atoms with Crippen molar-refractivity contribution in [3.63, 3.8) is 0 Å². The standard InChI is InChI=1S/C24H28FN3O3/c1-24(2,3)31-23(30)28-19-8-9-20(28)13-18(12-19)27-22(29)16-7-10-21(26-14-16)15-5-4-6-17(25)11-15/h4-7,10-11,14,18-20H,8-9,12-13H2,1-3H3,(H,27,29). The van der Waals surface area contributed by atoms with Gasteiger partial charge in [-0.3, -0.25) is 9.78 Å². The van der Waals surface area contributed by atoms with Crippen molar-refractivity contribution in [2.45, 2.75) is 70.2 Å². The first kappa shape index (κ1) is 21.3. The van der Waals surface area contributed by atoms with Gasteiger partial charge in [0, 0.05) is 29.9 Å². The SMILES string of the molecule is CC(C)(C)OC(=O)N1C2CCC1CC(NC(=O)c1ccc(-c3cccc(F)c3)nc1)C2. The van der Waals surface area contributed by atoms with Crippen LogP contribution in [0.1, 0.15) is 56.8 Å². The van der Waals surface area contributed by atoms with Crippen LogP contribution in [0.4, 0.5) is 9.18 Å². The number of aromatic nitrogens is 1. The fraction of sp³-hybridized carbons (Fsp3) is 0.458. The first-order valence-electron chi connectivity index (χ1n) is 10.7. The number of benzene rings is 1. The van der Waals surface area contributed by atoms with Gasteiger partial charge in [0.05, 0.1) is 11.3 Å². The van der Waals surface area contributed by atoms with E-state index in [-0.39, 0.29) is 35.9 Å². The van der Waals surface area contributed by atoms with E-state index < -0.39 is 5.60 Å². The molecule has 2 bridgehead atoms. The molecule has 0 saturated carbocycles. The van der Waals surface area contributed by atoms with Gasteiger partial charge in [-0.15, -0.1) is 0 Å². The van der Waals surface area contributed by atoms with Crippen LogP contribution in [0, 0.1) is 5.82 Å². The Hall–Kier alpha value is -2.96. The predicted octanol–water partition coefficient (Wildman–Crippen LogP) is 4.55. The number of hydrogen-bond acceptors (Lipinski definition) is 4. The zero-order valence-electron chi connectivity index (χ0n) is 18.1. The Balaban J connectivity index is 1.37. The third kappa shape index (κ3) is 4.86. The minimum absolute atomic E-state index is 0.00609. The van der Waals surface area contributed by atoms with Gasteiger partial charge in [0.15, 0.2) is 0 Å². The number of piperidine rings is 1. The Morgan fingerprint density at radius 1 is 1.13 bits per heavy atom. The fourth-order valence-electron chi connectivity index (χ4n) is 4.52. The number of amides is 2. The van der Waals surface area contributed by atoms with E-state index in [0.717, 1.165) is 25.7 Å². The number of fused-ring (bicyclic) bond motifs is 2. The van der Waals surface area contributed by atoms with Crippen molar-refractivity contribution in [3.8, 4) is 11.3 Å². The molecule has 3 heterocycles. The molecule has 2 saturated heterocycles. The van der Waals surface area contributed by atoms with Crippen LogP contribution < -0.4 is 5.32 Å². The second kappa shape index (κ2) is 8.29. The molecule has 1 aromatic heterocycles. The highest BCUT2D eigenvalue weighted by atomic mass is 19.1. The zero-order valence-corrected chi connectivity index (χ0v) is 18.1. The van der Waals surface area contributed by atoms with Crippen LogP contribution in [0.3, 0.4) is 0 Å². The van der Waals surface area contributed by atoms with E-state index in [1.54, 1.807) is 24.3 Å². The third-order valence-electron chi connectivity index (χ3n) is 5.82. The monoisotopic (exact) mass is 425 g/mol. The molecule has 0 aliphatic carbocycles. The van der Waals surface area contributed by atoms with Crippen LogP contribution in [0.5, 0.6) is 0 Å². The molecule has 1 aromatic carbocycles. The van der Waals surface area contributed by atoms with Crippen molar-refractivity contribution < 1.29 is 18.7 Å². The van der Waals surface area contributed by atoms with E-state index >= 15 is 0 Å². The van der Waals surface area contributed by atoms with Gasteiger partial charge in [0.1, 0.15) is 11.4 Å². The topological polar surface area (TPSA) is 71.5 Å². The van der Waals surface area contributed by atoms with Crippen molar-refractivity contribution >= 4 is 12.0 Å². The number of halogens is 1. The molecule has 2 fully saturated rings. The van der Waals surface area contributed by atoms with Crippen LogP contribution in [0.25, 0.3) is 11.3 Å². The number of pyridine rings is 1. The number of nitrogens with one attached hydrogen (secondary N) is 1. The van der Waals surface area contributed by atoms with Gasteiger partial charge in [-0.1, -0.05) is 12.1 Å². The zero-order chi connectivity index (χ0) is 22.2. The Morgan fingerprint density at radius 2 is 1.84 bits per heavy atom. The average Bonchev–Trinajstić information content (AvgIpc) is 2.98. The average molecular weight is 426 g/mol. The van der Waals surface area contributed by atoms with Crippen molar-refractivity contribution in [1.29, 1.82) is 0 Å². The molecule has 2 aromatic rings. The summed E-state index contributed by atoms with van der Waals surface area (Å²) < 4.78 is 19.0. The van der Waals surface area contributed by atoms with Crippen LogP contribution in [0.2, 0.25) is 0 Å². The highest BCUT2D eigenvalue weighted by Crippen LogP contribution is 2.37. The summed E-state index contributed by atoms with van der Waals surface area (Å²) in [5.41, 5.74) is 1.21. The van der Waals surface area contributed by atoms with E-state index in [2.05, 4.69) is 10.3 Å². The van der Waals surface area contributed by atoms with E-state index in [1.807, 2.05) is 25.7 Å². The van der Waals surface area contributed by atoms with Crippen LogP contribution in [0.15, 0.2) is 42.6 Å². The second-order valence-electron chi connectivity index (χ2n) is 9.36. The Labute approximate surface area is 181 Å². The first-order valence-corrected chi connectivity index (χ1v) is 10.7. The molecule has 0 radical (unpaired) electrons. The van der Waals surface area contributed by atoms with Crippen molar-refractivity contribution in [2.24, 2.45) is 0 Å². The molecule has 2 aliphatic rings. The Kier molecular flexibility index (Phi) is 5.69. The fourth-order valence-corrected chi connectivity index (χ4v) is 4.52. The van der Waals surface area contributed by atoms with Gasteiger partial charge >= 0.3 is 6.09 Å². The number of carbonyl (C=O) groups is 2. The maximum Gasteiger partial charge on any atom is 0.410 e. The number of nitrogens with zero attached hydrogens (tertiary/aromatic N) is 2. The van der Waals surface area contributed by atoms with Gasteiger partial charge in [0.2, 0.25) is 0 Å². The van der Waals surface area contributed by atoms with Crippen molar-refractivity contribution in [1.82, 2.24) is 15.2 Å². The number of hydrogen-bond donors (Lipinski definition) is 1. The molecular formula is C24H28FN3O3. The summed E-state index contributed by atoms with van der Waals surface area (Å²) in [4.78, 5) is 31.5.